The molecule has 17 heavy (non-hydrogen) atoms. The fourth-order valence-electron chi connectivity index (χ4n) is 1.28. The Bertz CT molecular complexity index is 407. The van der Waals surface area contributed by atoms with Crippen molar-refractivity contribution in [2.24, 2.45) is 0 Å². The summed E-state index contributed by atoms with van der Waals surface area (Å²) in [5.74, 6) is -0.418. The minimum absolute atomic E-state index is 0.125. The highest BCUT2D eigenvalue weighted by Crippen LogP contribution is 2.15. The number of halogens is 1. The van der Waals surface area contributed by atoms with Gasteiger partial charge in [-0.15, -0.1) is 0 Å². The van der Waals surface area contributed by atoms with Crippen molar-refractivity contribution in [1.29, 1.82) is 0 Å². The van der Waals surface area contributed by atoms with Crippen LogP contribution in [-0.2, 0) is 4.79 Å². The van der Waals surface area contributed by atoms with Crippen molar-refractivity contribution in [2.45, 2.75) is 13.3 Å². The van der Waals surface area contributed by atoms with E-state index in [2.05, 4.69) is 5.32 Å². The van der Waals surface area contributed by atoms with E-state index in [0.29, 0.717) is 12.8 Å². The normalized spacial score (nSPS) is 9.76. The predicted molar refractivity (Wildman–Crippen MR) is 60.6 cm³/mol. The largest absolute Gasteiger partial charge is 0.493 e. The molecule has 1 aromatic rings. The fourth-order valence-corrected chi connectivity index (χ4v) is 1.28. The lowest BCUT2D eigenvalue weighted by molar-refractivity contribution is -0.121. The molecule has 0 radical (unpaired) electrons. The zero-order valence-electron chi connectivity index (χ0n) is 9.53. The van der Waals surface area contributed by atoms with Crippen molar-refractivity contribution >= 4 is 12.2 Å². The van der Waals surface area contributed by atoms with Gasteiger partial charge in [-0.1, -0.05) is 0 Å². The zero-order chi connectivity index (χ0) is 12.7. The number of ether oxygens (including phenoxy) is 1. The Morgan fingerprint density at radius 1 is 1.47 bits per heavy atom. The zero-order valence-corrected chi connectivity index (χ0v) is 9.53. The smallest absolute Gasteiger partial charge is 0.223 e. The molecule has 1 amide bonds. The quantitative estimate of drug-likeness (QED) is 0.766. The Kier molecular flexibility index (Phi) is 5.13. The Morgan fingerprint density at radius 3 is 2.88 bits per heavy atom. The molecule has 0 saturated carbocycles. The summed E-state index contributed by atoms with van der Waals surface area (Å²) >= 11 is 0. The van der Waals surface area contributed by atoms with Crippen molar-refractivity contribution < 1.29 is 18.7 Å². The molecule has 0 aliphatic carbocycles. The van der Waals surface area contributed by atoms with Gasteiger partial charge >= 0.3 is 0 Å². The van der Waals surface area contributed by atoms with Crippen molar-refractivity contribution in [3.8, 4) is 5.75 Å². The average Bonchev–Trinajstić information content (AvgIpc) is 2.28. The molecule has 0 fully saturated rings. The number of aldehydes is 1. The van der Waals surface area contributed by atoms with Crippen LogP contribution in [0.5, 0.6) is 5.75 Å². The Labute approximate surface area is 98.8 Å². The number of nitrogens with one attached hydrogen (secondary N) is 1. The van der Waals surface area contributed by atoms with E-state index in [-0.39, 0.29) is 30.2 Å². The summed E-state index contributed by atoms with van der Waals surface area (Å²) in [7, 11) is 0. The van der Waals surface area contributed by atoms with E-state index >= 15 is 0 Å². The molecule has 0 spiro atoms. The van der Waals surface area contributed by atoms with E-state index in [1.165, 1.54) is 12.1 Å². The molecule has 92 valence electrons. The molecule has 1 aromatic carbocycles. The average molecular weight is 239 g/mol. The summed E-state index contributed by atoms with van der Waals surface area (Å²) in [4.78, 5) is 21.6. The van der Waals surface area contributed by atoms with Gasteiger partial charge in [0.1, 0.15) is 17.9 Å². The van der Waals surface area contributed by atoms with Crippen molar-refractivity contribution in [3.05, 3.63) is 29.6 Å². The first-order valence-electron chi connectivity index (χ1n) is 5.31. The maximum Gasteiger partial charge on any atom is 0.223 e. The second-order valence-corrected chi connectivity index (χ2v) is 3.39. The van der Waals surface area contributed by atoms with E-state index in [1.807, 2.05) is 6.92 Å². The molecule has 1 N–H and O–H groups in total. The molecule has 0 bridgehead atoms. The molecule has 4 nitrogen and oxygen atoms in total. The summed E-state index contributed by atoms with van der Waals surface area (Å²) in [5, 5.41) is 2.62. The van der Waals surface area contributed by atoms with Gasteiger partial charge in [-0.05, 0) is 19.1 Å². The summed E-state index contributed by atoms with van der Waals surface area (Å²) < 4.78 is 18.2. The van der Waals surface area contributed by atoms with Crippen LogP contribution in [0.1, 0.15) is 23.7 Å². The highest BCUT2D eigenvalue weighted by Gasteiger charge is 2.03. The van der Waals surface area contributed by atoms with E-state index in [0.717, 1.165) is 6.07 Å². The summed E-state index contributed by atoms with van der Waals surface area (Å²) in [6.07, 6.45) is 0.737. The Morgan fingerprint density at radius 2 is 2.24 bits per heavy atom. The minimum atomic E-state index is -0.539. The highest BCUT2D eigenvalue weighted by atomic mass is 19.1. The van der Waals surface area contributed by atoms with E-state index in [4.69, 9.17) is 4.74 Å². The van der Waals surface area contributed by atoms with Crippen LogP contribution < -0.4 is 10.1 Å². The lowest BCUT2D eigenvalue weighted by Crippen LogP contribution is -2.24. The van der Waals surface area contributed by atoms with Crippen LogP contribution in [0.3, 0.4) is 0 Å². The van der Waals surface area contributed by atoms with Gasteiger partial charge in [0, 0.05) is 18.2 Å². The number of hydrogen-bond acceptors (Lipinski definition) is 3. The van der Waals surface area contributed by atoms with Crippen molar-refractivity contribution in [3.63, 3.8) is 0 Å². The van der Waals surface area contributed by atoms with E-state index in [9.17, 15) is 14.0 Å². The van der Waals surface area contributed by atoms with Gasteiger partial charge in [-0.25, -0.2) is 4.39 Å². The molecule has 1 rings (SSSR count). The first kappa shape index (κ1) is 13.2. The molecule has 0 aliphatic rings. The third kappa shape index (κ3) is 4.63. The highest BCUT2D eigenvalue weighted by molar-refractivity contribution is 5.76. The third-order valence-corrected chi connectivity index (χ3v) is 2.00. The Balaban J connectivity index is 2.49. The van der Waals surface area contributed by atoms with Crippen molar-refractivity contribution in [1.82, 2.24) is 5.32 Å². The number of rotatable bonds is 6. The van der Waals surface area contributed by atoms with Crippen LogP contribution >= 0.6 is 0 Å². The lowest BCUT2D eigenvalue weighted by Gasteiger charge is -2.06. The summed E-state index contributed by atoms with van der Waals surface area (Å²) in [6.45, 7) is 2.53. The second kappa shape index (κ2) is 6.62. The molecular weight excluding hydrogens is 225 g/mol. The fraction of sp³-hybridized carbons (Fsp3) is 0.333. The first-order chi connectivity index (χ1) is 8.15. The van der Waals surface area contributed by atoms with E-state index < -0.39 is 5.82 Å². The SMILES string of the molecule is CCNC(=O)CCOc1cc(F)cc(C=O)c1. The molecular formula is C12H14FNO3. The van der Waals surface area contributed by atoms with Gasteiger partial charge in [0.15, 0.2) is 0 Å². The number of hydrogen-bond donors (Lipinski definition) is 1. The summed E-state index contributed by atoms with van der Waals surface area (Å²) in [6, 6.07) is 3.71. The molecule has 0 aliphatic heterocycles. The lowest BCUT2D eigenvalue weighted by atomic mass is 10.2. The van der Waals surface area contributed by atoms with Gasteiger partial charge in [-0.2, -0.15) is 0 Å². The van der Waals surface area contributed by atoms with Crippen LogP contribution in [0.2, 0.25) is 0 Å². The molecule has 0 unspecified atom stereocenters. The molecule has 0 aromatic heterocycles. The van der Waals surface area contributed by atoms with Crippen LogP contribution in [0.25, 0.3) is 0 Å². The van der Waals surface area contributed by atoms with Crippen LogP contribution in [0.15, 0.2) is 18.2 Å². The molecule has 5 heteroatoms. The second-order valence-electron chi connectivity index (χ2n) is 3.39. The minimum Gasteiger partial charge on any atom is -0.493 e. The summed E-state index contributed by atoms with van der Waals surface area (Å²) in [5.41, 5.74) is 0.206. The van der Waals surface area contributed by atoms with Gasteiger partial charge in [-0.3, -0.25) is 9.59 Å². The third-order valence-electron chi connectivity index (χ3n) is 2.00. The molecule has 0 heterocycles. The van der Waals surface area contributed by atoms with Crippen LogP contribution in [0, 0.1) is 5.82 Å². The molecule has 0 saturated heterocycles. The number of amides is 1. The standard InChI is InChI=1S/C12H14FNO3/c1-2-14-12(16)3-4-17-11-6-9(8-15)5-10(13)7-11/h5-8H,2-4H2,1H3,(H,14,16). The number of benzene rings is 1. The first-order valence-corrected chi connectivity index (χ1v) is 5.31. The van der Waals surface area contributed by atoms with Gasteiger partial charge in [0.25, 0.3) is 0 Å². The monoisotopic (exact) mass is 239 g/mol. The number of carbonyl (C=O) groups excluding carboxylic acids is 2. The maximum atomic E-state index is 13.0. The van der Waals surface area contributed by atoms with Gasteiger partial charge in [0.05, 0.1) is 13.0 Å². The molecule has 0 atom stereocenters. The van der Waals surface area contributed by atoms with Gasteiger partial charge in [0.2, 0.25) is 5.91 Å². The van der Waals surface area contributed by atoms with Gasteiger partial charge < -0.3 is 10.1 Å². The number of carbonyl (C=O) groups is 2. The van der Waals surface area contributed by atoms with Crippen LogP contribution in [0.4, 0.5) is 4.39 Å². The Hall–Kier alpha value is -1.91. The topological polar surface area (TPSA) is 55.4 Å². The predicted octanol–water partition coefficient (Wildman–Crippen LogP) is 1.54. The van der Waals surface area contributed by atoms with Crippen molar-refractivity contribution in [2.75, 3.05) is 13.2 Å². The maximum absolute atomic E-state index is 13.0. The van der Waals surface area contributed by atoms with E-state index in [1.54, 1.807) is 0 Å². The van der Waals surface area contributed by atoms with Crippen LogP contribution in [-0.4, -0.2) is 25.3 Å².